The van der Waals surface area contributed by atoms with Gasteiger partial charge in [0.15, 0.2) is 0 Å². The Hall–Kier alpha value is -2.24. The smallest absolute Gasteiger partial charge is 0.309 e. The molecule has 1 aromatic carbocycles. The summed E-state index contributed by atoms with van der Waals surface area (Å²) in [4.78, 5) is 22.3. The maximum Gasteiger partial charge on any atom is 0.309 e. The monoisotopic (exact) mass is 394 g/mol. The van der Waals surface area contributed by atoms with Crippen molar-refractivity contribution >= 4 is 11.9 Å². The van der Waals surface area contributed by atoms with Crippen molar-refractivity contribution in [2.75, 3.05) is 0 Å². The second kappa shape index (κ2) is 9.80. The van der Waals surface area contributed by atoms with E-state index in [1.54, 1.807) is 39.8 Å². The fourth-order valence-electron chi connectivity index (χ4n) is 3.10. The summed E-state index contributed by atoms with van der Waals surface area (Å²) in [5, 5.41) is 38.8. The molecule has 0 unspecified atom stereocenters. The highest BCUT2D eigenvalue weighted by Crippen LogP contribution is 2.32. The number of benzene rings is 1. The molecule has 6 nitrogen and oxygen atoms in total. The Labute approximate surface area is 167 Å². The van der Waals surface area contributed by atoms with Gasteiger partial charge in [0.25, 0.3) is 0 Å². The molecule has 4 N–H and O–H groups in total. The van der Waals surface area contributed by atoms with Crippen LogP contribution in [-0.4, -0.2) is 32.4 Å². The van der Waals surface area contributed by atoms with Gasteiger partial charge in [0.05, 0.1) is 10.8 Å². The summed E-state index contributed by atoms with van der Waals surface area (Å²) in [7, 11) is 0. The van der Waals surface area contributed by atoms with E-state index in [9.17, 15) is 19.8 Å². The molecule has 0 bridgehead atoms. The van der Waals surface area contributed by atoms with E-state index in [1.165, 1.54) is 0 Å². The summed E-state index contributed by atoms with van der Waals surface area (Å²) in [6.07, 6.45) is 5.11. The number of hydrogen-bond acceptors (Lipinski definition) is 4. The Morgan fingerprint density at radius 2 is 1.11 bits per heavy atom. The van der Waals surface area contributed by atoms with Crippen LogP contribution in [0.3, 0.4) is 0 Å². The summed E-state index contributed by atoms with van der Waals surface area (Å²) in [5.74, 6) is -1.37. The number of unbranched alkanes of at least 4 members (excludes halogenated alkanes) is 2. The van der Waals surface area contributed by atoms with Crippen LogP contribution in [0.4, 0.5) is 0 Å². The van der Waals surface area contributed by atoms with Crippen LogP contribution in [0.25, 0.3) is 0 Å². The van der Waals surface area contributed by atoms with E-state index < -0.39 is 22.8 Å². The van der Waals surface area contributed by atoms with Crippen molar-refractivity contribution in [2.45, 2.75) is 79.1 Å². The average Bonchev–Trinajstić information content (AvgIpc) is 2.58. The van der Waals surface area contributed by atoms with Crippen molar-refractivity contribution in [3.63, 3.8) is 0 Å². The van der Waals surface area contributed by atoms with E-state index in [-0.39, 0.29) is 11.5 Å². The zero-order valence-electron chi connectivity index (χ0n) is 17.4. The van der Waals surface area contributed by atoms with Crippen molar-refractivity contribution in [3.8, 4) is 11.5 Å². The molecule has 1 rings (SSSR count). The van der Waals surface area contributed by atoms with Crippen LogP contribution >= 0.6 is 0 Å². The first kappa shape index (κ1) is 23.8. The molecule has 0 saturated heterocycles. The van der Waals surface area contributed by atoms with Crippen molar-refractivity contribution in [1.82, 2.24) is 0 Å². The Morgan fingerprint density at radius 3 is 1.43 bits per heavy atom. The third kappa shape index (κ3) is 7.06. The highest BCUT2D eigenvalue weighted by Gasteiger charge is 2.27. The fraction of sp³-hybridized carbons (Fsp3) is 0.636. The lowest BCUT2D eigenvalue weighted by Crippen LogP contribution is -2.23. The highest BCUT2D eigenvalue weighted by molar-refractivity contribution is 5.73. The van der Waals surface area contributed by atoms with E-state index in [1.807, 2.05) is 0 Å². The normalized spacial score (nSPS) is 12.1. The standard InChI is InChI=1S/C22H34O6/c1-21(2,19(25)26)11-7-5-9-15-13-17(23)14-16(18(15)24)10-6-8-12-22(3,4)20(27)28/h13-14,23-24H,5-12H2,1-4H3,(H,25,26)(H,27,28). The molecule has 0 saturated carbocycles. The zero-order valence-corrected chi connectivity index (χ0v) is 17.4. The minimum atomic E-state index is -0.818. The summed E-state index contributed by atoms with van der Waals surface area (Å²) >= 11 is 0. The number of carboxylic acid groups (broad SMARTS) is 2. The summed E-state index contributed by atoms with van der Waals surface area (Å²) in [5.41, 5.74) is -0.214. The molecule has 28 heavy (non-hydrogen) atoms. The number of carboxylic acids is 2. The SMILES string of the molecule is CC(C)(CCCCc1cc(O)cc(CCCCC(C)(C)C(=O)O)c1O)C(=O)O. The van der Waals surface area contributed by atoms with E-state index in [2.05, 4.69) is 0 Å². The van der Waals surface area contributed by atoms with Gasteiger partial charge in [-0.05, 0) is 89.5 Å². The molecule has 0 radical (unpaired) electrons. The Balaban J connectivity index is 2.61. The Morgan fingerprint density at radius 1 is 0.750 bits per heavy atom. The number of rotatable bonds is 12. The van der Waals surface area contributed by atoms with Gasteiger partial charge >= 0.3 is 11.9 Å². The second-order valence-corrected chi connectivity index (χ2v) is 8.90. The minimum Gasteiger partial charge on any atom is -0.508 e. The van der Waals surface area contributed by atoms with Crippen LogP contribution in [0.1, 0.15) is 77.3 Å². The van der Waals surface area contributed by atoms with Crippen molar-refractivity contribution in [1.29, 1.82) is 0 Å². The molecule has 158 valence electrons. The first-order chi connectivity index (χ1) is 12.9. The number of aliphatic carboxylic acids is 2. The third-order valence-corrected chi connectivity index (χ3v) is 5.41. The predicted octanol–water partition coefficient (Wildman–Crippen LogP) is 4.75. The fourth-order valence-corrected chi connectivity index (χ4v) is 3.10. The molecule has 1 aromatic rings. The Kier molecular flexibility index (Phi) is 8.33. The molecule has 0 aliphatic carbocycles. The lowest BCUT2D eigenvalue weighted by Gasteiger charge is -2.19. The molecular weight excluding hydrogens is 360 g/mol. The molecule has 0 fully saturated rings. The van der Waals surface area contributed by atoms with Gasteiger partial charge in [-0.15, -0.1) is 0 Å². The quantitative estimate of drug-likeness (QED) is 0.300. The molecule has 0 atom stereocenters. The van der Waals surface area contributed by atoms with Crippen molar-refractivity contribution in [2.24, 2.45) is 10.8 Å². The largest absolute Gasteiger partial charge is 0.508 e. The van der Waals surface area contributed by atoms with Gasteiger partial charge in [-0.2, -0.15) is 0 Å². The zero-order chi connectivity index (χ0) is 21.5. The van der Waals surface area contributed by atoms with E-state index >= 15 is 0 Å². The van der Waals surface area contributed by atoms with Gasteiger partial charge in [0.1, 0.15) is 11.5 Å². The predicted molar refractivity (Wildman–Crippen MR) is 108 cm³/mol. The van der Waals surface area contributed by atoms with Gasteiger partial charge in [-0.25, -0.2) is 0 Å². The van der Waals surface area contributed by atoms with Crippen LogP contribution in [0.2, 0.25) is 0 Å². The number of aryl methyl sites for hydroxylation is 2. The molecule has 0 spiro atoms. The second-order valence-electron chi connectivity index (χ2n) is 8.90. The lowest BCUT2D eigenvalue weighted by molar-refractivity contribution is -0.148. The average molecular weight is 395 g/mol. The summed E-state index contributed by atoms with van der Waals surface area (Å²) in [6, 6.07) is 3.10. The van der Waals surface area contributed by atoms with Crippen LogP contribution in [0.5, 0.6) is 11.5 Å². The summed E-state index contributed by atoms with van der Waals surface area (Å²) < 4.78 is 0. The minimum absolute atomic E-state index is 0.0968. The first-order valence-electron chi connectivity index (χ1n) is 9.87. The summed E-state index contributed by atoms with van der Waals surface area (Å²) in [6.45, 7) is 6.80. The van der Waals surface area contributed by atoms with Crippen LogP contribution in [0, 0.1) is 10.8 Å². The molecule has 0 aliphatic rings. The molecule has 0 aromatic heterocycles. The topological polar surface area (TPSA) is 115 Å². The number of phenols is 2. The van der Waals surface area contributed by atoms with E-state index in [0.29, 0.717) is 49.7 Å². The molecular formula is C22H34O6. The number of hydrogen-bond donors (Lipinski definition) is 4. The number of carbonyl (C=O) groups is 2. The van der Waals surface area contributed by atoms with Gasteiger partial charge in [-0.1, -0.05) is 12.8 Å². The van der Waals surface area contributed by atoms with Gasteiger partial charge < -0.3 is 20.4 Å². The maximum absolute atomic E-state index is 11.1. The number of aromatic hydroxyl groups is 2. The van der Waals surface area contributed by atoms with Gasteiger partial charge in [0, 0.05) is 0 Å². The van der Waals surface area contributed by atoms with E-state index in [0.717, 1.165) is 12.8 Å². The van der Waals surface area contributed by atoms with Crippen molar-refractivity contribution in [3.05, 3.63) is 23.3 Å². The molecule has 0 amide bonds. The number of phenolic OH excluding ortho intramolecular Hbond substituents is 2. The maximum atomic E-state index is 11.1. The van der Waals surface area contributed by atoms with Crippen LogP contribution in [-0.2, 0) is 22.4 Å². The van der Waals surface area contributed by atoms with Crippen LogP contribution in [0.15, 0.2) is 12.1 Å². The third-order valence-electron chi connectivity index (χ3n) is 5.41. The molecule has 0 aliphatic heterocycles. The lowest BCUT2D eigenvalue weighted by atomic mass is 9.86. The highest BCUT2D eigenvalue weighted by atomic mass is 16.4. The van der Waals surface area contributed by atoms with E-state index in [4.69, 9.17) is 10.2 Å². The molecule has 0 heterocycles. The first-order valence-corrected chi connectivity index (χ1v) is 9.87. The van der Waals surface area contributed by atoms with Crippen LogP contribution < -0.4 is 0 Å². The molecule has 6 heteroatoms. The van der Waals surface area contributed by atoms with Crippen molar-refractivity contribution < 1.29 is 30.0 Å². The van der Waals surface area contributed by atoms with Gasteiger partial charge in [-0.3, -0.25) is 9.59 Å². The van der Waals surface area contributed by atoms with Gasteiger partial charge in [0.2, 0.25) is 0 Å². The Bertz CT molecular complexity index is 635.